The lowest BCUT2D eigenvalue weighted by molar-refractivity contribution is 0.0602. The van der Waals surface area contributed by atoms with Crippen LogP contribution < -0.4 is 5.32 Å². The van der Waals surface area contributed by atoms with Gasteiger partial charge in [0.05, 0.1) is 18.4 Å². The van der Waals surface area contributed by atoms with Crippen molar-refractivity contribution in [1.29, 1.82) is 0 Å². The molecule has 5 nitrogen and oxygen atoms in total. The van der Waals surface area contributed by atoms with Crippen LogP contribution >= 0.6 is 0 Å². The molecule has 2 rings (SSSR count). The summed E-state index contributed by atoms with van der Waals surface area (Å²) in [6.07, 6.45) is 0. The molecule has 1 heterocycles. The highest BCUT2D eigenvalue weighted by Crippen LogP contribution is 2.19. The Bertz CT molecular complexity index is 704. The van der Waals surface area contributed by atoms with E-state index in [4.69, 9.17) is 0 Å². The molecule has 0 atom stereocenters. The minimum Gasteiger partial charge on any atom is -0.465 e. The number of ether oxygens (including phenoxy) is 1. The maximum atomic E-state index is 13.3. The van der Waals surface area contributed by atoms with E-state index in [9.17, 15) is 18.4 Å². The third kappa shape index (κ3) is 3.38. The average Bonchev–Trinajstić information content (AvgIpc) is 2.46. The Hall–Kier alpha value is -2.83. The summed E-state index contributed by atoms with van der Waals surface area (Å²) in [7, 11) is 1.16. The second kappa shape index (κ2) is 6.08. The Kier molecular flexibility index (Phi) is 4.22. The van der Waals surface area contributed by atoms with Crippen molar-refractivity contribution >= 4 is 17.6 Å². The van der Waals surface area contributed by atoms with Gasteiger partial charge in [-0.05, 0) is 30.3 Å². The van der Waals surface area contributed by atoms with E-state index in [0.717, 1.165) is 25.3 Å². The number of rotatable bonds is 3. The standard InChI is InChI=1S/C14H10F2N2O3/c1-21-14(20)9-6-5-8(15)7-11(9)18-13(19)10-3-2-4-12(16)17-10/h2-7H,1H3,(H,18,19). The highest BCUT2D eigenvalue weighted by molar-refractivity contribution is 6.07. The lowest BCUT2D eigenvalue weighted by atomic mass is 10.1. The fourth-order valence-corrected chi connectivity index (χ4v) is 1.63. The number of carbonyl (C=O) groups excluding carboxylic acids is 2. The van der Waals surface area contributed by atoms with Crippen molar-refractivity contribution in [2.45, 2.75) is 0 Å². The molecule has 2 aromatic rings. The molecule has 0 spiro atoms. The van der Waals surface area contributed by atoms with Gasteiger partial charge in [-0.15, -0.1) is 0 Å². The molecule has 1 aromatic carbocycles. The van der Waals surface area contributed by atoms with E-state index in [-0.39, 0.29) is 16.9 Å². The van der Waals surface area contributed by atoms with Crippen LogP contribution in [0.5, 0.6) is 0 Å². The molecule has 0 saturated carbocycles. The number of amides is 1. The molecule has 0 aliphatic heterocycles. The number of hydrogen-bond acceptors (Lipinski definition) is 4. The number of halogens is 2. The largest absolute Gasteiger partial charge is 0.465 e. The van der Waals surface area contributed by atoms with E-state index < -0.39 is 23.6 Å². The first-order valence-electron chi connectivity index (χ1n) is 5.83. The topological polar surface area (TPSA) is 68.3 Å². The maximum Gasteiger partial charge on any atom is 0.339 e. The summed E-state index contributed by atoms with van der Waals surface area (Å²) < 4.78 is 30.8. The summed E-state index contributed by atoms with van der Waals surface area (Å²) >= 11 is 0. The predicted octanol–water partition coefficient (Wildman–Crippen LogP) is 2.40. The Morgan fingerprint density at radius 2 is 1.95 bits per heavy atom. The number of hydrogen-bond donors (Lipinski definition) is 1. The van der Waals surface area contributed by atoms with Gasteiger partial charge >= 0.3 is 5.97 Å². The number of carbonyl (C=O) groups is 2. The number of esters is 1. The molecular weight excluding hydrogens is 282 g/mol. The summed E-state index contributed by atoms with van der Waals surface area (Å²) in [4.78, 5) is 26.9. The summed E-state index contributed by atoms with van der Waals surface area (Å²) in [6.45, 7) is 0. The van der Waals surface area contributed by atoms with Gasteiger partial charge in [-0.2, -0.15) is 4.39 Å². The molecule has 0 radical (unpaired) electrons. The molecule has 0 bridgehead atoms. The molecule has 7 heteroatoms. The summed E-state index contributed by atoms with van der Waals surface area (Å²) in [5.41, 5.74) is -0.309. The van der Waals surface area contributed by atoms with Crippen molar-refractivity contribution in [2.24, 2.45) is 0 Å². The first-order valence-corrected chi connectivity index (χ1v) is 5.83. The minimum atomic E-state index is -0.824. The summed E-state index contributed by atoms with van der Waals surface area (Å²) in [5.74, 6) is -2.98. The van der Waals surface area contributed by atoms with Crippen LogP contribution in [0.4, 0.5) is 14.5 Å². The van der Waals surface area contributed by atoms with Gasteiger partial charge in [-0.3, -0.25) is 4.79 Å². The lowest BCUT2D eigenvalue weighted by Gasteiger charge is -2.09. The molecule has 0 aliphatic carbocycles. The van der Waals surface area contributed by atoms with E-state index >= 15 is 0 Å². The number of nitrogens with zero attached hydrogens (tertiary/aromatic N) is 1. The van der Waals surface area contributed by atoms with Gasteiger partial charge in [0.2, 0.25) is 5.95 Å². The molecule has 0 saturated heterocycles. The molecule has 1 amide bonds. The number of nitrogens with one attached hydrogen (secondary N) is 1. The van der Waals surface area contributed by atoms with E-state index in [0.29, 0.717) is 0 Å². The van der Waals surface area contributed by atoms with Gasteiger partial charge in [0, 0.05) is 0 Å². The lowest BCUT2D eigenvalue weighted by Crippen LogP contribution is -2.17. The second-order valence-electron chi connectivity index (χ2n) is 3.98. The number of benzene rings is 1. The fourth-order valence-electron chi connectivity index (χ4n) is 1.63. The molecular formula is C14H10F2N2O3. The van der Waals surface area contributed by atoms with Gasteiger partial charge in [0.1, 0.15) is 11.5 Å². The Morgan fingerprint density at radius 3 is 2.62 bits per heavy atom. The van der Waals surface area contributed by atoms with Crippen molar-refractivity contribution in [1.82, 2.24) is 4.98 Å². The van der Waals surface area contributed by atoms with Crippen LogP contribution in [0.1, 0.15) is 20.8 Å². The Balaban J connectivity index is 2.32. The summed E-state index contributed by atoms with van der Waals surface area (Å²) in [6, 6.07) is 6.87. The van der Waals surface area contributed by atoms with Crippen LogP contribution in [0.3, 0.4) is 0 Å². The third-order valence-corrected chi connectivity index (χ3v) is 2.58. The smallest absolute Gasteiger partial charge is 0.339 e. The van der Waals surface area contributed by atoms with Crippen molar-refractivity contribution in [3.63, 3.8) is 0 Å². The first kappa shape index (κ1) is 14.6. The third-order valence-electron chi connectivity index (χ3n) is 2.58. The van der Waals surface area contributed by atoms with E-state index in [1.807, 2.05) is 0 Å². The zero-order valence-electron chi connectivity index (χ0n) is 10.9. The van der Waals surface area contributed by atoms with Gasteiger partial charge < -0.3 is 10.1 Å². The van der Waals surface area contributed by atoms with Crippen molar-refractivity contribution in [3.05, 3.63) is 59.4 Å². The summed E-state index contributed by atoms with van der Waals surface area (Å²) in [5, 5.41) is 2.30. The molecule has 1 aromatic heterocycles. The molecule has 0 unspecified atom stereocenters. The van der Waals surface area contributed by atoms with Crippen molar-refractivity contribution < 1.29 is 23.1 Å². The number of aromatic nitrogens is 1. The van der Waals surface area contributed by atoms with Crippen molar-refractivity contribution in [3.8, 4) is 0 Å². The average molecular weight is 292 g/mol. The van der Waals surface area contributed by atoms with Crippen LogP contribution in [-0.4, -0.2) is 24.0 Å². The van der Waals surface area contributed by atoms with Crippen LogP contribution in [0.25, 0.3) is 0 Å². The highest BCUT2D eigenvalue weighted by atomic mass is 19.1. The fraction of sp³-hybridized carbons (Fsp3) is 0.0714. The molecule has 0 fully saturated rings. The Labute approximate surface area is 118 Å². The Morgan fingerprint density at radius 1 is 1.19 bits per heavy atom. The second-order valence-corrected chi connectivity index (χ2v) is 3.98. The van der Waals surface area contributed by atoms with Gasteiger partial charge in [-0.1, -0.05) is 6.07 Å². The van der Waals surface area contributed by atoms with Crippen molar-refractivity contribution in [2.75, 3.05) is 12.4 Å². The molecule has 108 valence electrons. The zero-order valence-corrected chi connectivity index (χ0v) is 10.9. The van der Waals surface area contributed by atoms with E-state index in [2.05, 4.69) is 15.0 Å². The van der Waals surface area contributed by atoms with Gasteiger partial charge in [0.25, 0.3) is 5.91 Å². The highest BCUT2D eigenvalue weighted by Gasteiger charge is 2.16. The van der Waals surface area contributed by atoms with Gasteiger partial charge in [-0.25, -0.2) is 14.2 Å². The normalized spacial score (nSPS) is 10.0. The van der Waals surface area contributed by atoms with Gasteiger partial charge in [0.15, 0.2) is 0 Å². The molecule has 21 heavy (non-hydrogen) atoms. The maximum absolute atomic E-state index is 13.3. The molecule has 0 aliphatic rings. The van der Waals surface area contributed by atoms with E-state index in [1.54, 1.807) is 0 Å². The number of pyridine rings is 1. The van der Waals surface area contributed by atoms with Crippen LogP contribution in [0.15, 0.2) is 36.4 Å². The zero-order chi connectivity index (χ0) is 15.4. The SMILES string of the molecule is COC(=O)c1ccc(F)cc1NC(=O)c1cccc(F)n1. The van der Waals surface area contributed by atoms with Crippen LogP contribution in [0.2, 0.25) is 0 Å². The minimum absolute atomic E-state index is 0.0244. The number of anilines is 1. The predicted molar refractivity (Wildman–Crippen MR) is 69.9 cm³/mol. The monoisotopic (exact) mass is 292 g/mol. The van der Waals surface area contributed by atoms with Crippen LogP contribution in [0, 0.1) is 11.8 Å². The van der Waals surface area contributed by atoms with Crippen LogP contribution in [-0.2, 0) is 4.74 Å². The van der Waals surface area contributed by atoms with E-state index in [1.165, 1.54) is 18.2 Å². The quantitative estimate of drug-likeness (QED) is 0.696. The first-order chi connectivity index (χ1) is 10.0. The number of methoxy groups -OCH3 is 1. The molecule has 1 N–H and O–H groups in total.